The smallest absolute Gasteiger partial charge is 0.402 e. The van der Waals surface area contributed by atoms with E-state index in [2.05, 4.69) is 31.9 Å². The maximum atomic E-state index is 13.2. The van der Waals surface area contributed by atoms with E-state index in [1.807, 2.05) is 13.8 Å². The van der Waals surface area contributed by atoms with Gasteiger partial charge in [-0.15, -0.1) is 0 Å². The Balaban J connectivity index is 0.00000330. The van der Waals surface area contributed by atoms with Crippen LogP contribution in [0.25, 0.3) is 0 Å². The lowest BCUT2D eigenvalue weighted by atomic mass is 9.91. The lowest BCUT2D eigenvalue weighted by Gasteiger charge is -2.26. The molecular weight excluding hydrogens is 667 g/mol. The van der Waals surface area contributed by atoms with Crippen molar-refractivity contribution < 1.29 is 37.0 Å². The van der Waals surface area contributed by atoms with Gasteiger partial charge in [0.25, 0.3) is 11.8 Å². The number of methoxy groups -OCH3 is 1. The van der Waals surface area contributed by atoms with Gasteiger partial charge in [-0.1, -0.05) is 47.4 Å². The second kappa shape index (κ2) is 16.5. The van der Waals surface area contributed by atoms with E-state index in [-0.39, 0.29) is 47.3 Å². The van der Waals surface area contributed by atoms with Crippen molar-refractivity contribution >= 4 is 56.6 Å². The molecule has 0 aliphatic carbocycles. The largest absolute Gasteiger partial charge is 0.490 e. The van der Waals surface area contributed by atoms with Crippen LogP contribution in [0.3, 0.4) is 0 Å². The normalized spacial score (nSPS) is 11.1. The molecule has 0 heterocycles. The summed E-state index contributed by atoms with van der Waals surface area (Å²) in [7, 11) is 1.51. The summed E-state index contributed by atoms with van der Waals surface area (Å²) in [6.07, 6.45) is -4.74. The summed E-state index contributed by atoms with van der Waals surface area (Å²) in [4.78, 5) is 38.4. The number of anilines is 2. The van der Waals surface area contributed by atoms with E-state index in [0.29, 0.717) is 11.3 Å². The molecule has 0 aliphatic heterocycles. The van der Waals surface area contributed by atoms with Crippen LogP contribution in [0, 0.1) is 5.41 Å². The molecule has 0 aromatic heterocycles. The summed E-state index contributed by atoms with van der Waals surface area (Å²) in [6.45, 7) is 5.77. The van der Waals surface area contributed by atoms with Crippen LogP contribution >= 0.6 is 27.5 Å². The van der Waals surface area contributed by atoms with Crippen LogP contribution in [0.2, 0.25) is 5.02 Å². The zero-order chi connectivity index (χ0) is 33.1. The van der Waals surface area contributed by atoms with Gasteiger partial charge in [0.15, 0.2) is 0 Å². The highest BCUT2D eigenvalue weighted by molar-refractivity contribution is 9.10. The first kappa shape index (κ1) is 36.6. The minimum atomic E-state index is -4.74. The third kappa shape index (κ3) is 9.96. The van der Waals surface area contributed by atoms with Crippen LogP contribution in [0.15, 0.2) is 65.1 Å². The van der Waals surface area contributed by atoms with Crippen molar-refractivity contribution in [2.75, 3.05) is 31.0 Å². The quantitative estimate of drug-likeness (QED) is 0.177. The Morgan fingerprint density at radius 1 is 0.841 bits per heavy atom. The Hall–Kier alpha value is -3.61. The highest BCUT2D eigenvalue weighted by Crippen LogP contribution is 2.37. The molecule has 3 N–H and O–H groups in total. The SMILES string of the molecule is CC.COCCOc1ccc(NC(=O)c2cc(CNC(=O)C(C)(C)C(F)(F)F)ccc2Cl)cc1C(=O)Nc1ccc(Br)cc1. The fourth-order valence-corrected chi connectivity index (χ4v) is 3.93. The summed E-state index contributed by atoms with van der Waals surface area (Å²) in [5.74, 6) is -2.08. The van der Waals surface area contributed by atoms with Crippen LogP contribution in [-0.4, -0.2) is 44.2 Å². The van der Waals surface area contributed by atoms with Crippen LogP contribution in [-0.2, 0) is 16.1 Å². The average Bonchev–Trinajstić information content (AvgIpc) is 2.98. The summed E-state index contributed by atoms with van der Waals surface area (Å²) in [5.41, 5.74) is -1.30. The lowest BCUT2D eigenvalue weighted by molar-refractivity contribution is -0.211. The third-order valence-electron chi connectivity index (χ3n) is 6.13. The Morgan fingerprint density at radius 2 is 1.43 bits per heavy atom. The molecule has 0 spiro atoms. The third-order valence-corrected chi connectivity index (χ3v) is 6.99. The topological polar surface area (TPSA) is 106 Å². The van der Waals surface area contributed by atoms with Gasteiger partial charge in [0, 0.05) is 29.5 Å². The Kier molecular flexibility index (Phi) is 13.7. The fourth-order valence-electron chi connectivity index (χ4n) is 3.46. The van der Waals surface area contributed by atoms with Crippen molar-refractivity contribution in [3.63, 3.8) is 0 Å². The van der Waals surface area contributed by atoms with Gasteiger partial charge in [0.2, 0.25) is 5.91 Å². The Bertz CT molecular complexity index is 1450. The number of hydrogen-bond donors (Lipinski definition) is 3. The molecule has 0 saturated heterocycles. The van der Waals surface area contributed by atoms with Crippen LogP contribution in [0.5, 0.6) is 5.75 Å². The van der Waals surface area contributed by atoms with Gasteiger partial charge in [-0.3, -0.25) is 14.4 Å². The fraction of sp³-hybridized carbons (Fsp3) is 0.323. The van der Waals surface area contributed by atoms with Crippen molar-refractivity contribution in [3.05, 3.63) is 86.8 Å². The van der Waals surface area contributed by atoms with Crippen molar-refractivity contribution in [2.45, 2.75) is 40.4 Å². The number of rotatable bonds is 11. The molecule has 44 heavy (non-hydrogen) atoms. The zero-order valence-electron chi connectivity index (χ0n) is 24.8. The minimum absolute atomic E-state index is 0.0137. The molecule has 13 heteroatoms. The van der Waals surface area contributed by atoms with Crippen molar-refractivity contribution in [3.8, 4) is 5.75 Å². The molecule has 0 bridgehead atoms. The number of benzene rings is 3. The number of carbonyl (C=O) groups is 3. The standard InChI is InChI=1S/C29H28BrClF3N3O5.C2H6/c1-28(2,29(32,33)34)27(40)35-16-17-4-10-23(31)21(14-17)25(38)37-20-9-11-24(42-13-12-41-3)22(15-20)26(39)36-19-7-5-18(30)6-8-19;1-2/h4-11,14-15H,12-13,16H2,1-3H3,(H,35,40)(H,36,39)(H,37,38);1-2H3. The van der Waals surface area contributed by atoms with Crippen molar-refractivity contribution in [1.82, 2.24) is 5.32 Å². The van der Waals surface area contributed by atoms with E-state index >= 15 is 0 Å². The van der Waals surface area contributed by atoms with E-state index in [9.17, 15) is 27.6 Å². The zero-order valence-corrected chi connectivity index (χ0v) is 27.2. The lowest BCUT2D eigenvalue weighted by Crippen LogP contribution is -2.46. The molecule has 0 saturated carbocycles. The highest BCUT2D eigenvalue weighted by atomic mass is 79.9. The number of nitrogens with one attached hydrogen (secondary N) is 3. The Morgan fingerprint density at radius 3 is 2.05 bits per heavy atom. The van der Waals surface area contributed by atoms with E-state index in [1.54, 1.807) is 24.3 Å². The van der Waals surface area contributed by atoms with Crippen molar-refractivity contribution in [1.29, 1.82) is 0 Å². The Labute approximate surface area is 267 Å². The summed E-state index contributed by atoms with van der Waals surface area (Å²) < 4.78 is 51.1. The average molecular weight is 701 g/mol. The molecule has 0 fully saturated rings. The van der Waals surface area contributed by atoms with Gasteiger partial charge in [-0.25, -0.2) is 0 Å². The summed E-state index contributed by atoms with van der Waals surface area (Å²) in [6, 6.07) is 15.7. The highest BCUT2D eigenvalue weighted by Gasteiger charge is 2.52. The van der Waals surface area contributed by atoms with Gasteiger partial charge in [-0.05, 0) is 74.0 Å². The number of alkyl halides is 3. The molecule has 238 valence electrons. The predicted molar refractivity (Wildman–Crippen MR) is 168 cm³/mol. The molecule has 3 aromatic carbocycles. The second-order valence-electron chi connectivity index (χ2n) is 9.59. The molecule has 3 rings (SSSR count). The first-order valence-electron chi connectivity index (χ1n) is 13.5. The minimum Gasteiger partial charge on any atom is -0.490 e. The molecule has 0 unspecified atom stereocenters. The van der Waals surface area contributed by atoms with Crippen LogP contribution < -0.4 is 20.7 Å². The molecule has 3 aromatic rings. The van der Waals surface area contributed by atoms with Gasteiger partial charge >= 0.3 is 6.18 Å². The number of ether oxygens (including phenoxy) is 2. The van der Waals surface area contributed by atoms with Gasteiger partial charge in [0.1, 0.15) is 17.8 Å². The number of hydrogen-bond acceptors (Lipinski definition) is 5. The van der Waals surface area contributed by atoms with Crippen LogP contribution in [0.1, 0.15) is 54.0 Å². The van der Waals surface area contributed by atoms with Gasteiger partial charge < -0.3 is 25.4 Å². The number of halogens is 5. The molecule has 0 radical (unpaired) electrons. The van der Waals surface area contributed by atoms with Gasteiger partial charge in [-0.2, -0.15) is 13.2 Å². The van der Waals surface area contributed by atoms with E-state index in [1.165, 1.54) is 43.5 Å². The molecule has 0 atom stereocenters. The first-order valence-corrected chi connectivity index (χ1v) is 14.7. The molecule has 0 aliphatic rings. The number of carbonyl (C=O) groups excluding carboxylic acids is 3. The van der Waals surface area contributed by atoms with E-state index in [0.717, 1.165) is 18.3 Å². The van der Waals surface area contributed by atoms with E-state index in [4.69, 9.17) is 21.1 Å². The molecular formula is C31H34BrClF3N3O5. The predicted octanol–water partition coefficient (Wildman–Crippen LogP) is 7.86. The second-order valence-corrected chi connectivity index (χ2v) is 10.9. The monoisotopic (exact) mass is 699 g/mol. The first-order chi connectivity index (χ1) is 20.7. The maximum Gasteiger partial charge on any atom is 0.402 e. The summed E-state index contributed by atoms with van der Waals surface area (Å²) in [5, 5.41) is 7.77. The van der Waals surface area contributed by atoms with Crippen molar-refractivity contribution in [2.24, 2.45) is 5.41 Å². The number of amides is 3. The maximum absolute atomic E-state index is 13.2. The summed E-state index contributed by atoms with van der Waals surface area (Å²) >= 11 is 9.58. The van der Waals surface area contributed by atoms with Gasteiger partial charge in [0.05, 0.1) is 22.8 Å². The molecule has 3 amide bonds. The van der Waals surface area contributed by atoms with E-state index < -0.39 is 29.3 Å². The van der Waals surface area contributed by atoms with Crippen LogP contribution in [0.4, 0.5) is 24.5 Å². The molecule has 8 nitrogen and oxygen atoms in total.